The van der Waals surface area contributed by atoms with Crippen LogP contribution in [0.15, 0.2) is 77.7 Å². The van der Waals surface area contributed by atoms with E-state index in [-0.39, 0.29) is 22.2 Å². The summed E-state index contributed by atoms with van der Waals surface area (Å²) in [5, 5.41) is 3.07. The molecule has 0 bridgehead atoms. The van der Waals surface area contributed by atoms with E-state index in [9.17, 15) is 13.2 Å². The van der Waals surface area contributed by atoms with Crippen LogP contribution in [-0.2, 0) is 20.6 Å². The number of carbonyl (C=O) groups is 1. The van der Waals surface area contributed by atoms with Gasteiger partial charge in [0.15, 0.2) is 0 Å². The molecule has 3 aromatic carbocycles. The number of nitrogens with one attached hydrogen (secondary N) is 1. The number of amides is 1. The number of hydrogen-bond donors (Lipinski definition) is 1. The first-order valence-corrected chi connectivity index (χ1v) is 13.6. The second-order valence-corrected chi connectivity index (χ2v) is 10.9. The molecule has 0 atom stereocenters. The van der Waals surface area contributed by atoms with Crippen molar-refractivity contribution in [3.63, 3.8) is 0 Å². The molecule has 0 radical (unpaired) electrons. The maximum Gasteiger partial charge on any atom is 0.264 e. The van der Waals surface area contributed by atoms with Crippen molar-refractivity contribution in [1.29, 1.82) is 0 Å². The van der Waals surface area contributed by atoms with Crippen LogP contribution in [0.3, 0.4) is 0 Å². The summed E-state index contributed by atoms with van der Waals surface area (Å²) in [6, 6.07) is 21.2. The largest absolute Gasteiger partial charge is 0.495 e. The molecule has 0 aliphatic heterocycles. The molecule has 6 nitrogen and oxygen atoms in total. The first-order valence-electron chi connectivity index (χ1n) is 10.6. The molecule has 0 heterocycles. The third kappa shape index (κ3) is 6.91. The van der Waals surface area contributed by atoms with Crippen molar-refractivity contribution in [1.82, 2.24) is 5.32 Å². The molecule has 1 N–H and O–H groups in total. The monoisotopic (exact) mass is 518 g/mol. The molecule has 9 heteroatoms. The Morgan fingerprint density at radius 1 is 1.06 bits per heavy atom. The number of hydrogen-bond acceptors (Lipinski definition) is 5. The normalized spacial score (nSPS) is 11.1. The lowest BCUT2D eigenvalue weighted by Gasteiger charge is -2.24. The van der Waals surface area contributed by atoms with E-state index in [1.807, 2.05) is 25.1 Å². The number of anilines is 1. The number of ether oxygens (including phenoxy) is 1. The Morgan fingerprint density at radius 3 is 2.41 bits per heavy atom. The van der Waals surface area contributed by atoms with Crippen molar-refractivity contribution in [3.05, 3.63) is 88.9 Å². The van der Waals surface area contributed by atoms with Crippen LogP contribution in [0.5, 0.6) is 5.75 Å². The molecule has 0 aliphatic carbocycles. The van der Waals surface area contributed by atoms with Gasteiger partial charge in [-0.1, -0.05) is 59.6 Å². The summed E-state index contributed by atoms with van der Waals surface area (Å²) >= 11 is 7.94. The van der Waals surface area contributed by atoms with E-state index in [1.54, 1.807) is 36.0 Å². The fourth-order valence-corrected chi connectivity index (χ4v) is 5.66. The smallest absolute Gasteiger partial charge is 0.264 e. The Labute approximate surface area is 210 Å². The highest BCUT2D eigenvalue weighted by Crippen LogP contribution is 2.32. The number of carbonyl (C=O) groups excluding carboxylic acids is 1. The lowest BCUT2D eigenvalue weighted by Crippen LogP contribution is -2.41. The van der Waals surface area contributed by atoms with E-state index in [1.165, 1.54) is 30.9 Å². The number of rotatable bonds is 11. The first-order chi connectivity index (χ1) is 16.3. The first kappa shape index (κ1) is 25.9. The molecule has 0 saturated heterocycles. The van der Waals surface area contributed by atoms with E-state index in [2.05, 4.69) is 17.4 Å². The Morgan fingerprint density at radius 2 is 1.76 bits per heavy atom. The standard InChI is InChI=1S/C25H27ClN2O4S2/c1-19-8-11-22(12-9-19)34(30,31)28(21-10-13-24(32-2)23(26)16-21)17-25(29)27-14-15-33-18-20-6-4-3-5-7-20/h3-13,16H,14-15,17-18H2,1-2H3,(H,27,29). The summed E-state index contributed by atoms with van der Waals surface area (Å²) < 4.78 is 33.1. The Kier molecular flexibility index (Phi) is 9.27. The number of benzene rings is 3. The molecule has 34 heavy (non-hydrogen) atoms. The van der Waals surface area contributed by atoms with Gasteiger partial charge in [-0.3, -0.25) is 9.10 Å². The third-order valence-corrected chi connectivity index (χ3v) is 8.11. The predicted molar refractivity (Wildman–Crippen MR) is 139 cm³/mol. The van der Waals surface area contributed by atoms with E-state index < -0.39 is 15.9 Å². The quantitative estimate of drug-likeness (QED) is 0.365. The highest BCUT2D eigenvalue weighted by molar-refractivity contribution is 7.98. The molecule has 180 valence electrons. The van der Waals surface area contributed by atoms with Crippen molar-refractivity contribution in [2.45, 2.75) is 17.6 Å². The molecular weight excluding hydrogens is 492 g/mol. The predicted octanol–water partition coefficient (Wildman–Crippen LogP) is 4.90. The van der Waals surface area contributed by atoms with Gasteiger partial charge in [-0.05, 0) is 42.8 Å². The van der Waals surface area contributed by atoms with Gasteiger partial charge in [-0.15, -0.1) is 0 Å². The summed E-state index contributed by atoms with van der Waals surface area (Å²) in [7, 11) is -2.53. The number of aryl methyl sites for hydroxylation is 1. The summed E-state index contributed by atoms with van der Waals surface area (Å²) in [6.45, 7) is 1.93. The molecule has 0 saturated carbocycles. The summed E-state index contributed by atoms with van der Waals surface area (Å²) in [5.74, 6) is 1.57. The van der Waals surface area contributed by atoms with Gasteiger partial charge in [0, 0.05) is 18.1 Å². The molecule has 0 fully saturated rings. The molecular formula is C25H27ClN2O4S2. The number of halogens is 1. The van der Waals surface area contributed by atoms with Gasteiger partial charge < -0.3 is 10.1 Å². The summed E-state index contributed by atoms with van der Waals surface area (Å²) in [5.41, 5.74) is 2.43. The molecule has 3 aromatic rings. The zero-order valence-electron chi connectivity index (χ0n) is 19.0. The third-order valence-electron chi connectivity index (χ3n) is 5.00. The summed E-state index contributed by atoms with van der Waals surface area (Å²) in [6.07, 6.45) is 0. The van der Waals surface area contributed by atoms with Gasteiger partial charge in [-0.2, -0.15) is 11.8 Å². The van der Waals surface area contributed by atoms with Crippen LogP contribution in [0, 0.1) is 6.92 Å². The number of nitrogens with zero attached hydrogens (tertiary/aromatic N) is 1. The van der Waals surface area contributed by atoms with Crippen molar-refractivity contribution in [2.75, 3.05) is 30.3 Å². The van der Waals surface area contributed by atoms with E-state index in [0.29, 0.717) is 18.0 Å². The second-order valence-electron chi connectivity index (χ2n) is 7.53. The fraction of sp³-hybridized carbons (Fsp3) is 0.240. The van der Waals surface area contributed by atoms with Gasteiger partial charge in [-0.25, -0.2) is 8.42 Å². The Bertz CT molecular complexity index is 1200. The van der Waals surface area contributed by atoms with Crippen LogP contribution in [0.4, 0.5) is 5.69 Å². The van der Waals surface area contributed by atoms with Crippen LogP contribution >= 0.6 is 23.4 Å². The molecule has 0 unspecified atom stereocenters. The van der Waals surface area contributed by atoms with Gasteiger partial charge in [0.2, 0.25) is 5.91 Å². The maximum absolute atomic E-state index is 13.4. The number of thioether (sulfide) groups is 1. The lowest BCUT2D eigenvalue weighted by molar-refractivity contribution is -0.119. The van der Waals surface area contributed by atoms with E-state index in [4.69, 9.17) is 16.3 Å². The minimum atomic E-state index is -4.01. The fourth-order valence-electron chi connectivity index (χ4n) is 3.18. The van der Waals surface area contributed by atoms with Crippen LogP contribution < -0.4 is 14.4 Å². The van der Waals surface area contributed by atoms with Gasteiger partial charge in [0.1, 0.15) is 12.3 Å². The van der Waals surface area contributed by atoms with Gasteiger partial charge >= 0.3 is 0 Å². The van der Waals surface area contributed by atoms with Gasteiger partial charge in [0.05, 0.1) is 22.7 Å². The van der Waals surface area contributed by atoms with Crippen LogP contribution in [0.2, 0.25) is 5.02 Å². The Balaban J connectivity index is 1.71. The minimum absolute atomic E-state index is 0.0938. The number of sulfonamides is 1. The molecule has 1 amide bonds. The number of methoxy groups -OCH3 is 1. The zero-order valence-corrected chi connectivity index (χ0v) is 21.4. The average molecular weight is 519 g/mol. The topological polar surface area (TPSA) is 75.7 Å². The van der Waals surface area contributed by atoms with Crippen molar-refractivity contribution in [2.24, 2.45) is 0 Å². The van der Waals surface area contributed by atoms with Crippen molar-refractivity contribution in [3.8, 4) is 5.75 Å². The van der Waals surface area contributed by atoms with Crippen LogP contribution in [-0.4, -0.2) is 40.3 Å². The highest BCUT2D eigenvalue weighted by atomic mass is 35.5. The van der Waals surface area contributed by atoms with Gasteiger partial charge in [0.25, 0.3) is 10.0 Å². The SMILES string of the molecule is COc1ccc(N(CC(=O)NCCSCc2ccccc2)S(=O)(=O)c2ccc(C)cc2)cc1Cl. The van der Waals surface area contributed by atoms with Crippen LogP contribution in [0.25, 0.3) is 0 Å². The zero-order chi connectivity index (χ0) is 24.6. The molecule has 0 aromatic heterocycles. The summed E-state index contributed by atoms with van der Waals surface area (Å²) in [4.78, 5) is 12.8. The van der Waals surface area contributed by atoms with Crippen molar-refractivity contribution >= 4 is 45.0 Å². The molecule has 0 aliphatic rings. The van der Waals surface area contributed by atoms with Crippen molar-refractivity contribution < 1.29 is 17.9 Å². The lowest BCUT2D eigenvalue weighted by atomic mass is 10.2. The molecule has 3 rings (SSSR count). The maximum atomic E-state index is 13.4. The minimum Gasteiger partial charge on any atom is -0.495 e. The van der Waals surface area contributed by atoms with E-state index in [0.717, 1.165) is 15.6 Å². The molecule has 0 spiro atoms. The highest BCUT2D eigenvalue weighted by Gasteiger charge is 2.27. The van der Waals surface area contributed by atoms with E-state index >= 15 is 0 Å². The average Bonchev–Trinajstić information content (AvgIpc) is 2.83. The Hall–Kier alpha value is -2.68. The van der Waals surface area contributed by atoms with Crippen LogP contribution in [0.1, 0.15) is 11.1 Å². The second kappa shape index (κ2) is 12.1.